The molecule has 0 radical (unpaired) electrons. The predicted molar refractivity (Wildman–Crippen MR) is 94.3 cm³/mol. The van der Waals surface area contributed by atoms with Gasteiger partial charge in [0.1, 0.15) is 16.5 Å². The van der Waals surface area contributed by atoms with E-state index in [2.05, 4.69) is 0 Å². The van der Waals surface area contributed by atoms with Gasteiger partial charge < -0.3 is 4.57 Å². The number of sulfonamides is 1. The molecule has 1 aromatic heterocycles. The van der Waals surface area contributed by atoms with Gasteiger partial charge in [0, 0.05) is 29.7 Å². The Hall–Kier alpha value is -3.27. The number of nitrogens with zero attached hydrogens (tertiary/aromatic N) is 2. The summed E-state index contributed by atoms with van der Waals surface area (Å²) >= 11 is 0. The van der Waals surface area contributed by atoms with Crippen LogP contribution in [0.15, 0.2) is 59.8 Å². The third-order valence-corrected chi connectivity index (χ3v) is 5.21. The summed E-state index contributed by atoms with van der Waals surface area (Å²) in [5.74, 6) is -2.05. The van der Waals surface area contributed by atoms with E-state index in [-0.39, 0.29) is 5.56 Å². The van der Waals surface area contributed by atoms with E-state index >= 15 is 0 Å². The number of nitrogens with one attached hydrogen (secondary N) is 1. The zero-order valence-electron chi connectivity index (χ0n) is 13.9. The highest BCUT2D eigenvalue weighted by molar-refractivity contribution is 7.92. The van der Waals surface area contributed by atoms with Crippen molar-refractivity contribution in [3.8, 4) is 5.69 Å². The molecule has 0 atom stereocenters. The maximum atomic E-state index is 14.2. The second-order valence-electron chi connectivity index (χ2n) is 5.69. The first-order chi connectivity index (χ1) is 12.7. The molecule has 0 amide bonds. The van der Waals surface area contributed by atoms with Crippen LogP contribution in [0.1, 0.15) is 5.56 Å². The Kier molecular flexibility index (Phi) is 4.66. The van der Waals surface area contributed by atoms with Crippen molar-refractivity contribution in [3.05, 3.63) is 82.2 Å². The Morgan fingerprint density at radius 3 is 2.37 bits per heavy atom. The van der Waals surface area contributed by atoms with Crippen molar-refractivity contribution in [1.82, 2.24) is 4.57 Å². The molecule has 3 aromatic rings. The topological polar surface area (TPSA) is 94.2 Å². The number of nitro benzene ring substituents is 1. The number of anilines is 1. The maximum absolute atomic E-state index is 14.2. The number of aromatic nitrogens is 1. The molecule has 27 heavy (non-hydrogen) atoms. The van der Waals surface area contributed by atoms with E-state index in [1.54, 1.807) is 29.1 Å². The van der Waals surface area contributed by atoms with Crippen LogP contribution in [0.5, 0.6) is 0 Å². The van der Waals surface area contributed by atoms with Crippen molar-refractivity contribution in [2.75, 3.05) is 4.72 Å². The van der Waals surface area contributed by atoms with Crippen molar-refractivity contribution in [3.63, 3.8) is 0 Å². The summed E-state index contributed by atoms with van der Waals surface area (Å²) in [5, 5.41) is 11.0. The summed E-state index contributed by atoms with van der Waals surface area (Å²) in [5.41, 5.74) is -0.533. The van der Waals surface area contributed by atoms with Crippen LogP contribution in [0.4, 0.5) is 20.2 Å². The van der Waals surface area contributed by atoms with E-state index in [0.29, 0.717) is 11.8 Å². The predicted octanol–water partition coefficient (Wildman–Crippen LogP) is 3.77. The quantitative estimate of drug-likeness (QED) is 0.527. The van der Waals surface area contributed by atoms with Gasteiger partial charge in [-0.15, -0.1) is 0 Å². The number of rotatable bonds is 5. The smallest absolute Gasteiger partial charge is 0.273 e. The summed E-state index contributed by atoms with van der Waals surface area (Å²) < 4.78 is 56.8. The molecular formula is C17H13F2N3O4S. The number of aryl methyl sites for hydroxylation is 1. The number of hydrogen-bond donors (Lipinski definition) is 1. The highest BCUT2D eigenvalue weighted by Gasteiger charge is 2.25. The Labute approximate surface area is 153 Å². The molecule has 0 saturated heterocycles. The van der Waals surface area contributed by atoms with E-state index < -0.39 is 42.9 Å². The minimum Gasteiger partial charge on any atom is -0.324 e. The minimum absolute atomic E-state index is 0.0303. The van der Waals surface area contributed by atoms with Crippen molar-refractivity contribution in [1.29, 1.82) is 0 Å². The van der Waals surface area contributed by atoms with Gasteiger partial charge in [-0.3, -0.25) is 14.8 Å². The SMILES string of the molecule is Cc1cc(F)c(S(=O)(=O)Nc2cc(-n3cccc3)ccc2F)cc1[N+](=O)[O-]. The molecule has 7 nitrogen and oxygen atoms in total. The Balaban J connectivity index is 2.04. The minimum atomic E-state index is -4.60. The molecule has 0 bridgehead atoms. The molecule has 1 heterocycles. The lowest BCUT2D eigenvalue weighted by Gasteiger charge is -2.12. The average Bonchev–Trinajstić information content (AvgIpc) is 3.10. The zero-order chi connectivity index (χ0) is 19.8. The summed E-state index contributed by atoms with van der Waals surface area (Å²) in [4.78, 5) is 9.25. The molecule has 2 aromatic carbocycles. The molecule has 0 aliphatic carbocycles. The molecule has 0 unspecified atom stereocenters. The molecule has 3 rings (SSSR count). The van der Waals surface area contributed by atoms with Gasteiger partial charge >= 0.3 is 0 Å². The molecule has 0 aliphatic rings. The molecule has 0 aliphatic heterocycles. The van der Waals surface area contributed by atoms with Crippen LogP contribution >= 0.6 is 0 Å². The van der Waals surface area contributed by atoms with Gasteiger partial charge in [-0.2, -0.15) is 0 Å². The molecule has 10 heteroatoms. The lowest BCUT2D eigenvalue weighted by atomic mass is 10.2. The largest absolute Gasteiger partial charge is 0.324 e. The zero-order valence-corrected chi connectivity index (χ0v) is 14.7. The second-order valence-corrected chi connectivity index (χ2v) is 7.34. The lowest BCUT2D eigenvalue weighted by molar-refractivity contribution is -0.385. The fourth-order valence-corrected chi connectivity index (χ4v) is 3.64. The molecule has 1 N–H and O–H groups in total. The highest BCUT2D eigenvalue weighted by Crippen LogP contribution is 2.28. The van der Waals surface area contributed by atoms with Gasteiger partial charge in [-0.05, 0) is 43.3 Å². The van der Waals surface area contributed by atoms with Crippen LogP contribution in [0.3, 0.4) is 0 Å². The Morgan fingerprint density at radius 2 is 1.74 bits per heavy atom. The molecular weight excluding hydrogens is 380 g/mol. The van der Waals surface area contributed by atoms with E-state index in [0.717, 1.165) is 12.1 Å². The first kappa shape index (κ1) is 18.5. The Morgan fingerprint density at radius 1 is 1.07 bits per heavy atom. The van der Waals surface area contributed by atoms with Crippen molar-refractivity contribution >= 4 is 21.4 Å². The number of benzene rings is 2. The van der Waals surface area contributed by atoms with Crippen LogP contribution < -0.4 is 4.72 Å². The standard InChI is InChI=1S/C17H13F2N3O4S/c1-11-8-14(19)17(10-16(11)22(23)24)27(25,26)20-15-9-12(4-5-13(15)18)21-6-2-3-7-21/h2-10,20H,1H3. The van der Waals surface area contributed by atoms with Crippen molar-refractivity contribution in [2.45, 2.75) is 11.8 Å². The van der Waals surface area contributed by atoms with E-state index in [1.807, 2.05) is 4.72 Å². The number of hydrogen-bond acceptors (Lipinski definition) is 4. The van der Waals surface area contributed by atoms with Gasteiger partial charge in [0.25, 0.3) is 15.7 Å². The van der Waals surface area contributed by atoms with E-state index in [1.165, 1.54) is 19.1 Å². The van der Waals surface area contributed by atoms with Gasteiger partial charge in [0.2, 0.25) is 0 Å². The summed E-state index contributed by atoms with van der Waals surface area (Å²) in [6.07, 6.45) is 3.35. The third kappa shape index (κ3) is 3.65. The van der Waals surface area contributed by atoms with Gasteiger partial charge in [-0.25, -0.2) is 17.2 Å². The monoisotopic (exact) mass is 393 g/mol. The van der Waals surface area contributed by atoms with Crippen LogP contribution in [-0.2, 0) is 10.0 Å². The fraction of sp³-hybridized carbons (Fsp3) is 0.0588. The molecule has 0 spiro atoms. The summed E-state index contributed by atoms with van der Waals surface area (Å²) in [6.45, 7) is 1.28. The summed E-state index contributed by atoms with van der Waals surface area (Å²) in [6, 6.07) is 8.54. The van der Waals surface area contributed by atoms with Crippen molar-refractivity contribution in [2.24, 2.45) is 0 Å². The van der Waals surface area contributed by atoms with Gasteiger partial charge in [0.15, 0.2) is 0 Å². The molecule has 0 fully saturated rings. The second kappa shape index (κ2) is 6.80. The maximum Gasteiger partial charge on any atom is 0.273 e. The van der Waals surface area contributed by atoms with E-state index in [9.17, 15) is 27.3 Å². The first-order valence-electron chi connectivity index (χ1n) is 7.59. The molecule has 0 saturated carbocycles. The average molecular weight is 393 g/mol. The van der Waals surface area contributed by atoms with Crippen molar-refractivity contribution < 1.29 is 22.1 Å². The third-order valence-electron chi connectivity index (χ3n) is 3.83. The molecule has 140 valence electrons. The fourth-order valence-electron chi connectivity index (χ4n) is 2.50. The Bertz CT molecular complexity index is 1130. The van der Waals surface area contributed by atoms with Crippen LogP contribution in [0.2, 0.25) is 0 Å². The lowest BCUT2D eigenvalue weighted by Crippen LogP contribution is -2.16. The van der Waals surface area contributed by atoms with Crippen LogP contribution in [0, 0.1) is 28.7 Å². The van der Waals surface area contributed by atoms with E-state index in [4.69, 9.17) is 0 Å². The summed E-state index contributed by atoms with van der Waals surface area (Å²) in [7, 11) is -4.60. The normalized spacial score (nSPS) is 11.4. The van der Waals surface area contributed by atoms with Crippen LogP contribution in [-0.4, -0.2) is 17.9 Å². The first-order valence-corrected chi connectivity index (χ1v) is 9.07. The number of nitro groups is 1. The van der Waals surface area contributed by atoms with Gasteiger partial charge in [0.05, 0.1) is 10.6 Å². The highest BCUT2D eigenvalue weighted by atomic mass is 32.2. The number of halogens is 2. The van der Waals surface area contributed by atoms with Crippen LogP contribution in [0.25, 0.3) is 5.69 Å². The van der Waals surface area contributed by atoms with Gasteiger partial charge in [-0.1, -0.05) is 0 Å².